The Morgan fingerprint density at radius 2 is 1.95 bits per heavy atom. The van der Waals surface area contributed by atoms with Crippen molar-refractivity contribution in [2.24, 2.45) is 5.41 Å². The van der Waals surface area contributed by atoms with E-state index in [1.807, 2.05) is 13.8 Å². The van der Waals surface area contributed by atoms with Gasteiger partial charge in [-0.1, -0.05) is 19.1 Å². The summed E-state index contributed by atoms with van der Waals surface area (Å²) in [5.74, 6) is -0.689. The minimum Gasteiger partial charge on any atom is -0.481 e. The van der Waals surface area contributed by atoms with E-state index < -0.39 is 11.4 Å². The fourth-order valence-electron chi connectivity index (χ4n) is 2.81. The Bertz CT molecular complexity index is 495. The molecule has 2 rings (SSSR count). The molecule has 0 spiro atoms. The molecule has 0 aromatic heterocycles. The molecule has 21 heavy (non-hydrogen) atoms. The van der Waals surface area contributed by atoms with E-state index in [1.54, 1.807) is 0 Å². The molecule has 1 aliphatic rings. The first-order chi connectivity index (χ1) is 9.94. The molecule has 116 valence electrons. The van der Waals surface area contributed by atoms with Gasteiger partial charge in [0.05, 0.1) is 5.41 Å². The average molecular weight is 290 g/mol. The zero-order valence-corrected chi connectivity index (χ0v) is 13.3. The van der Waals surface area contributed by atoms with Gasteiger partial charge in [0.15, 0.2) is 0 Å². The molecule has 1 fully saturated rings. The minimum absolute atomic E-state index is 0.633. The van der Waals surface area contributed by atoms with Crippen LogP contribution in [-0.4, -0.2) is 48.7 Å². The Hall–Kier alpha value is -1.55. The number of carbonyl (C=O) groups is 1. The molecule has 1 N–H and O–H groups in total. The van der Waals surface area contributed by atoms with Crippen LogP contribution in [0.15, 0.2) is 24.3 Å². The van der Waals surface area contributed by atoms with Crippen LogP contribution in [0.2, 0.25) is 0 Å². The van der Waals surface area contributed by atoms with Crippen LogP contribution in [0.4, 0.5) is 5.69 Å². The molecule has 0 bridgehead atoms. The highest BCUT2D eigenvalue weighted by molar-refractivity contribution is 5.74. The van der Waals surface area contributed by atoms with Crippen molar-refractivity contribution in [3.05, 3.63) is 29.8 Å². The summed E-state index contributed by atoms with van der Waals surface area (Å²) < 4.78 is 0. The number of aliphatic carboxylic acids is 1. The third kappa shape index (κ3) is 3.76. The predicted molar refractivity (Wildman–Crippen MR) is 85.9 cm³/mol. The van der Waals surface area contributed by atoms with Crippen molar-refractivity contribution in [3.63, 3.8) is 0 Å². The Morgan fingerprint density at radius 1 is 1.29 bits per heavy atom. The lowest BCUT2D eigenvalue weighted by molar-refractivity contribution is -0.149. The van der Waals surface area contributed by atoms with Crippen molar-refractivity contribution < 1.29 is 9.90 Å². The molecular formula is C17H26N2O2. The molecular weight excluding hydrogens is 264 g/mol. The second-order valence-corrected chi connectivity index (χ2v) is 6.32. The molecule has 0 saturated carbocycles. The number of aryl methyl sites for hydroxylation is 1. The molecule has 0 radical (unpaired) electrons. The molecule has 1 saturated heterocycles. The standard InChI is InChI=1S/C17H26N2O2/c1-4-17(3,16(20)21)13-18-8-10-19(11-9-18)15-7-5-6-14(2)12-15/h5-7,12H,4,8-11,13H2,1-3H3,(H,20,21). The van der Waals surface area contributed by atoms with Crippen LogP contribution in [0.25, 0.3) is 0 Å². The summed E-state index contributed by atoms with van der Waals surface area (Å²) in [5, 5.41) is 9.39. The van der Waals surface area contributed by atoms with Gasteiger partial charge in [-0.25, -0.2) is 0 Å². The maximum atomic E-state index is 11.4. The normalized spacial score (nSPS) is 19.3. The minimum atomic E-state index is -0.689. The molecule has 0 amide bonds. The zero-order chi connectivity index (χ0) is 15.5. The second kappa shape index (κ2) is 6.48. The number of carboxylic acid groups (broad SMARTS) is 1. The van der Waals surface area contributed by atoms with Crippen molar-refractivity contribution in [3.8, 4) is 0 Å². The summed E-state index contributed by atoms with van der Waals surface area (Å²) in [6.45, 7) is 10.3. The molecule has 1 heterocycles. The number of rotatable bonds is 5. The Balaban J connectivity index is 1.93. The molecule has 0 aliphatic carbocycles. The fraction of sp³-hybridized carbons (Fsp3) is 0.588. The maximum Gasteiger partial charge on any atom is 0.310 e. The van der Waals surface area contributed by atoms with Gasteiger partial charge < -0.3 is 10.0 Å². The van der Waals surface area contributed by atoms with Crippen molar-refractivity contribution in [1.29, 1.82) is 0 Å². The van der Waals surface area contributed by atoms with Gasteiger partial charge in [-0.3, -0.25) is 9.69 Å². The topological polar surface area (TPSA) is 43.8 Å². The molecule has 1 aliphatic heterocycles. The van der Waals surface area contributed by atoms with Crippen LogP contribution in [0.1, 0.15) is 25.8 Å². The Morgan fingerprint density at radius 3 is 2.48 bits per heavy atom. The first kappa shape index (κ1) is 15.8. The molecule has 1 atom stereocenters. The molecule has 4 heteroatoms. The second-order valence-electron chi connectivity index (χ2n) is 6.32. The highest BCUT2D eigenvalue weighted by atomic mass is 16.4. The van der Waals surface area contributed by atoms with Crippen molar-refractivity contribution in [2.75, 3.05) is 37.6 Å². The van der Waals surface area contributed by atoms with Crippen molar-refractivity contribution >= 4 is 11.7 Å². The summed E-state index contributed by atoms with van der Waals surface area (Å²) in [5.41, 5.74) is 1.91. The largest absolute Gasteiger partial charge is 0.481 e. The number of anilines is 1. The van der Waals surface area contributed by atoms with Crippen LogP contribution < -0.4 is 4.90 Å². The van der Waals surface area contributed by atoms with Gasteiger partial charge in [0.25, 0.3) is 0 Å². The quantitative estimate of drug-likeness (QED) is 0.905. The van der Waals surface area contributed by atoms with Gasteiger partial charge >= 0.3 is 5.97 Å². The number of hydrogen-bond donors (Lipinski definition) is 1. The summed E-state index contributed by atoms with van der Waals surface area (Å²) in [6, 6.07) is 8.56. The van der Waals surface area contributed by atoms with Crippen LogP contribution in [0.3, 0.4) is 0 Å². The van der Waals surface area contributed by atoms with Crippen molar-refractivity contribution in [2.45, 2.75) is 27.2 Å². The lowest BCUT2D eigenvalue weighted by Crippen LogP contribution is -2.51. The van der Waals surface area contributed by atoms with Gasteiger partial charge in [-0.2, -0.15) is 0 Å². The fourth-order valence-corrected chi connectivity index (χ4v) is 2.81. The smallest absolute Gasteiger partial charge is 0.310 e. The number of benzene rings is 1. The number of nitrogens with zero attached hydrogens (tertiary/aromatic N) is 2. The van der Waals surface area contributed by atoms with E-state index in [-0.39, 0.29) is 0 Å². The molecule has 4 nitrogen and oxygen atoms in total. The predicted octanol–water partition coefficient (Wildman–Crippen LogP) is 2.62. The summed E-state index contributed by atoms with van der Waals surface area (Å²) >= 11 is 0. The first-order valence-electron chi connectivity index (χ1n) is 7.72. The third-order valence-electron chi connectivity index (χ3n) is 4.61. The molecule has 1 unspecified atom stereocenters. The van der Waals surface area contributed by atoms with E-state index in [9.17, 15) is 9.90 Å². The Labute approximate surface area is 127 Å². The van der Waals surface area contributed by atoms with Crippen LogP contribution in [-0.2, 0) is 4.79 Å². The summed E-state index contributed by atoms with van der Waals surface area (Å²) in [6.07, 6.45) is 0.667. The van der Waals surface area contributed by atoms with Gasteiger partial charge in [0.1, 0.15) is 0 Å². The lowest BCUT2D eigenvalue weighted by atomic mass is 9.87. The van der Waals surface area contributed by atoms with Gasteiger partial charge in [0.2, 0.25) is 0 Å². The number of piperazine rings is 1. The monoisotopic (exact) mass is 290 g/mol. The van der Waals surface area contributed by atoms with Gasteiger partial charge in [0, 0.05) is 38.4 Å². The summed E-state index contributed by atoms with van der Waals surface area (Å²) in [7, 11) is 0. The van der Waals surface area contributed by atoms with E-state index in [0.29, 0.717) is 13.0 Å². The third-order valence-corrected chi connectivity index (χ3v) is 4.61. The van der Waals surface area contributed by atoms with Gasteiger partial charge in [-0.05, 0) is 38.0 Å². The molecule has 1 aromatic carbocycles. The van der Waals surface area contributed by atoms with E-state index >= 15 is 0 Å². The van der Waals surface area contributed by atoms with E-state index in [0.717, 1.165) is 26.2 Å². The van der Waals surface area contributed by atoms with E-state index in [2.05, 4.69) is 41.0 Å². The average Bonchev–Trinajstić information content (AvgIpc) is 2.47. The highest BCUT2D eigenvalue weighted by Crippen LogP contribution is 2.24. The summed E-state index contributed by atoms with van der Waals surface area (Å²) in [4.78, 5) is 16.1. The van der Waals surface area contributed by atoms with Crippen LogP contribution in [0.5, 0.6) is 0 Å². The Kier molecular flexibility index (Phi) is 4.88. The molecule has 1 aromatic rings. The first-order valence-corrected chi connectivity index (χ1v) is 7.72. The number of hydrogen-bond acceptors (Lipinski definition) is 3. The highest BCUT2D eigenvalue weighted by Gasteiger charge is 2.34. The van der Waals surface area contributed by atoms with E-state index in [1.165, 1.54) is 11.3 Å². The van der Waals surface area contributed by atoms with Gasteiger partial charge in [-0.15, -0.1) is 0 Å². The SMILES string of the molecule is CCC(C)(CN1CCN(c2cccc(C)c2)CC1)C(=O)O. The van der Waals surface area contributed by atoms with Crippen LogP contribution >= 0.6 is 0 Å². The lowest BCUT2D eigenvalue weighted by Gasteiger charge is -2.39. The van der Waals surface area contributed by atoms with Crippen molar-refractivity contribution in [1.82, 2.24) is 4.90 Å². The van der Waals surface area contributed by atoms with E-state index in [4.69, 9.17) is 0 Å². The van der Waals surface area contributed by atoms with Crippen LogP contribution in [0, 0.1) is 12.3 Å². The zero-order valence-electron chi connectivity index (χ0n) is 13.3. The maximum absolute atomic E-state index is 11.4. The number of carboxylic acids is 1.